The fourth-order valence-corrected chi connectivity index (χ4v) is 2.74. The molecular weight excluding hydrogens is 336 g/mol. The Bertz CT molecular complexity index is 1060. The first kappa shape index (κ1) is 17.4. The maximum Gasteiger partial charge on any atom is 0.308 e. The summed E-state index contributed by atoms with van der Waals surface area (Å²) in [5.41, 5.74) is 0.935. The molecule has 1 aromatic heterocycles. The van der Waals surface area contributed by atoms with Crippen molar-refractivity contribution in [1.82, 2.24) is 0 Å². The van der Waals surface area contributed by atoms with Gasteiger partial charge in [-0.15, -0.1) is 0 Å². The van der Waals surface area contributed by atoms with E-state index in [4.69, 9.17) is 13.9 Å². The molecule has 0 aliphatic carbocycles. The Morgan fingerprint density at radius 3 is 2.19 bits per heavy atom. The molecule has 0 saturated heterocycles. The van der Waals surface area contributed by atoms with Gasteiger partial charge in [-0.05, 0) is 24.6 Å². The number of aryl methyl sites for hydroxylation is 1. The van der Waals surface area contributed by atoms with E-state index >= 15 is 0 Å². The minimum Gasteiger partial charge on any atom is -0.456 e. The van der Waals surface area contributed by atoms with Crippen LogP contribution >= 0.6 is 0 Å². The van der Waals surface area contributed by atoms with Crippen LogP contribution in [0, 0.1) is 6.92 Å². The highest BCUT2D eigenvalue weighted by atomic mass is 16.6. The van der Waals surface area contributed by atoms with Crippen LogP contribution in [0.1, 0.15) is 19.6 Å². The van der Waals surface area contributed by atoms with Gasteiger partial charge in [0.1, 0.15) is 5.76 Å². The van der Waals surface area contributed by atoms with E-state index in [9.17, 15) is 14.4 Å². The largest absolute Gasteiger partial charge is 0.456 e. The second-order valence-electron chi connectivity index (χ2n) is 5.69. The molecule has 3 rings (SSSR count). The summed E-state index contributed by atoms with van der Waals surface area (Å²) in [4.78, 5) is 35.8. The lowest BCUT2D eigenvalue weighted by molar-refractivity contribution is -0.134. The van der Waals surface area contributed by atoms with Crippen LogP contribution in [0.3, 0.4) is 0 Å². The third kappa shape index (κ3) is 3.21. The van der Waals surface area contributed by atoms with Crippen molar-refractivity contribution in [1.29, 1.82) is 0 Å². The summed E-state index contributed by atoms with van der Waals surface area (Å²) in [5, 5.41) is 0.224. The van der Waals surface area contributed by atoms with Crippen molar-refractivity contribution >= 4 is 22.9 Å². The average Bonchev–Trinajstić information content (AvgIpc) is 2.57. The van der Waals surface area contributed by atoms with Crippen molar-refractivity contribution in [2.45, 2.75) is 20.8 Å². The summed E-state index contributed by atoms with van der Waals surface area (Å²) in [6, 6.07) is 12.0. The van der Waals surface area contributed by atoms with E-state index in [1.165, 1.54) is 26.0 Å². The fourth-order valence-electron chi connectivity index (χ4n) is 2.74. The molecule has 6 heteroatoms. The first-order valence-electron chi connectivity index (χ1n) is 7.91. The van der Waals surface area contributed by atoms with E-state index in [2.05, 4.69) is 0 Å². The smallest absolute Gasteiger partial charge is 0.308 e. The highest BCUT2D eigenvalue weighted by molar-refractivity contribution is 5.91. The lowest BCUT2D eigenvalue weighted by atomic mass is 10.0. The van der Waals surface area contributed by atoms with Crippen LogP contribution in [0.15, 0.2) is 51.7 Å². The molecule has 0 atom stereocenters. The van der Waals surface area contributed by atoms with Gasteiger partial charge in [-0.3, -0.25) is 14.4 Å². The van der Waals surface area contributed by atoms with Crippen LogP contribution in [0.5, 0.6) is 11.5 Å². The molecule has 0 bridgehead atoms. The number of ether oxygens (including phenoxy) is 2. The van der Waals surface area contributed by atoms with Gasteiger partial charge in [-0.1, -0.05) is 30.3 Å². The van der Waals surface area contributed by atoms with Crippen molar-refractivity contribution in [3.8, 4) is 22.6 Å². The molecule has 0 saturated carbocycles. The molecular formula is C20H16O6. The number of fused-ring (bicyclic) bond motifs is 1. The Balaban J connectivity index is 2.33. The van der Waals surface area contributed by atoms with E-state index in [-0.39, 0.29) is 27.9 Å². The zero-order valence-corrected chi connectivity index (χ0v) is 14.5. The molecule has 2 aromatic carbocycles. The van der Waals surface area contributed by atoms with Gasteiger partial charge < -0.3 is 13.9 Å². The van der Waals surface area contributed by atoms with Crippen LogP contribution in [-0.4, -0.2) is 11.9 Å². The number of hydrogen-bond acceptors (Lipinski definition) is 6. The fraction of sp³-hybridized carbons (Fsp3) is 0.150. The van der Waals surface area contributed by atoms with E-state index in [1.807, 2.05) is 30.3 Å². The standard InChI is InChI=1S/C20H16O6/c1-11-17(14-7-5-4-6-8-14)18(23)15-9-10-16(25-12(2)21)20(19(15)24-11)26-13(3)22/h4-10H,1-3H3. The van der Waals surface area contributed by atoms with Crippen LogP contribution in [0.4, 0.5) is 0 Å². The Labute approximate surface area is 149 Å². The predicted molar refractivity (Wildman–Crippen MR) is 95.3 cm³/mol. The number of rotatable bonds is 3. The zero-order valence-electron chi connectivity index (χ0n) is 14.5. The molecule has 0 fully saturated rings. The average molecular weight is 352 g/mol. The van der Waals surface area contributed by atoms with Crippen molar-refractivity contribution in [3.63, 3.8) is 0 Å². The van der Waals surface area contributed by atoms with Crippen LogP contribution < -0.4 is 14.9 Å². The van der Waals surface area contributed by atoms with Crippen LogP contribution in [-0.2, 0) is 9.59 Å². The van der Waals surface area contributed by atoms with Gasteiger partial charge in [0.05, 0.1) is 10.9 Å². The molecule has 26 heavy (non-hydrogen) atoms. The van der Waals surface area contributed by atoms with Gasteiger partial charge in [0.2, 0.25) is 11.2 Å². The number of esters is 2. The molecule has 0 N–H and O–H groups in total. The first-order valence-corrected chi connectivity index (χ1v) is 7.91. The van der Waals surface area contributed by atoms with Gasteiger partial charge in [0.15, 0.2) is 11.3 Å². The number of hydrogen-bond donors (Lipinski definition) is 0. The maximum absolute atomic E-state index is 13.0. The quantitative estimate of drug-likeness (QED) is 0.529. The van der Waals surface area contributed by atoms with Gasteiger partial charge in [0, 0.05) is 13.8 Å². The normalized spacial score (nSPS) is 10.6. The maximum atomic E-state index is 13.0. The Morgan fingerprint density at radius 1 is 0.923 bits per heavy atom. The molecule has 0 amide bonds. The monoisotopic (exact) mass is 352 g/mol. The third-order valence-corrected chi connectivity index (χ3v) is 3.72. The van der Waals surface area contributed by atoms with Gasteiger partial charge >= 0.3 is 11.9 Å². The lowest BCUT2D eigenvalue weighted by Crippen LogP contribution is -2.11. The SMILES string of the molecule is CC(=O)Oc1ccc2c(=O)c(-c3ccccc3)c(C)oc2c1OC(C)=O. The molecule has 0 spiro atoms. The van der Waals surface area contributed by atoms with E-state index in [0.717, 1.165) is 5.56 Å². The first-order chi connectivity index (χ1) is 12.4. The van der Waals surface area contributed by atoms with Gasteiger partial charge in [-0.25, -0.2) is 0 Å². The Kier molecular flexibility index (Phi) is 4.58. The highest BCUT2D eigenvalue weighted by Gasteiger charge is 2.21. The van der Waals surface area contributed by atoms with Crippen molar-refractivity contribution in [2.75, 3.05) is 0 Å². The van der Waals surface area contributed by atoms with Crippen molar-refractivity contribution < 1.29 is 23.5 Å². The molecule has 0 aliphatic rings. The second kappa shape index (κ2) is 6.84. The summed E-state index contributed by atoms with van der Waals surface area (Å²) in [6.07, 6.45) is 0. The number of carbonyl (C=O) groups excluding carboxylic acids is 2. The Morgan fingerprint density at radius 2 is 1.58 bits per heavy atom. The minimum atomic E-state index is -0.627. The van der Waals surface area contributed by atoms with Gasteiger partial charge in [0.25, 0.3) is 0 Å². The molecule has 132 valence electrons. The summed E-state index contributed by atoms with van der Waals surface area (Å²) >= 11 is 0. The van der Waals surface area contributed by atoms with Crippen LogP contribution in [0.2, 0.25) is 0 Å². The summed E-state index contributed by atoms with van der Waals surface area (Å²) in [6.45, 7) is 4.08. The molecule has 0 unspecified atom stereocenters. The molecule has 6 nitrogen and oxygen atoms in total. The second-order valence-corrected chi connectivity index (χ2v) is 5.69. The molecule has 0 aliphatic heterocycles. The van der Waals surface area contributed by atoms with E-state index in [0.29, 0.717) is 11.3 Å². The molecule has 0 radical (unpaired) electrons. The van der Waals surface area contributed by atoms with E-state index in [1.54, 1.807) is 6.92 Å². The molecule has 1 heterocycles. The third-order valence-electron chi connectivity index (χ3n) is 3.72. The minimum absolute atomic E-state index is 0.00945. The topological polar surface area (TPSA) is 82.8 Å². The van der Waals surface area contributed by atoms with Gasteiger partial charge in [-0.2, -0.15) is 0 Å². The Hall–Kier alpha value is -3.41. The predicted octanol–water partition coefficient (Wildman–Crippen LogP) is 3.62. The number of benzene rings is 2. The van der Waals surface area contributed by atoms with Crippen molar-refractivity contribution in [3.05, 3.63) is 58.4 Å². The summed E-state index contributed by atoms with van der Waals surface area (Å²) < 4.78 is 16.1. The van der Waals surface area contributed by atoms with Crippen molar-refractivity contribution in [2.24, 2.45) is 0 Å². The summed E-state index contributed by atoms with van der Waals surface area (Å²) in [7, 11) is 0. The van der Waals surface area contributed by atoms with Crippen LogP contribution in [0.25, 0.3) is 22.1 Å². The highest BCUT2D eigenvalue weighted by Crippen LogP contribution is 2.37. The lowest BCUT2D eigenvalue weighted by Gasteiger charge is -2.13. The molecule has 3 aromatic rings. The summed E-state index contributed by atoms with van der Waals surface area (Å²) in [5.74, 6) is -0.932. The number of carbonyl (C=O) groups is 2. The van der Waals surface area contributed by atoms with E-state index < -0.39 is 11.9 Å². The zero-order chi connectivity index (χ0) is 18.8.